The summed E-state index contributed by atoms with van der Waals surface area (Å²) in [5.74, 6) is -0.514. The third kappa shape index (κ3) is 3.75. The van der Waals surface area contributed by atoms with Gasteiger partial charge >= 0.3 is 11.9 Å². The van der Waals surface area contributed by atoms with E-state index < -0.39 is 11.3 Å². The highest BCUT2D eigenvalue weighted by Gasteiger charge is 2.52. The van der Waals surface area contributed by atoms with Gasteiger partial charge in [0.25, 0.3) is 5.91 Å². The molecule has 0 saturated carbocycles. The third-order valence-corrected chi connectivity index (χ3v) is 6.34. The van der Waals surface area contributed by atoms with E-state index in [9.17, 15) is 14.4 Å². The van der Waals surface area contributed by atoms with Crippen LogP contribution in [0.15, 0.2) is 47.6 Å². The molecule has 1 aromatic carbocycles. The lowest BCUT2D eigenvalue weighted by Gasteiger charge is -2.24. The van der Waals surface area contributed by atoms with Crippen molar-refractivity contribution in [1.82, 2.24) is 15.2 Å². The van der Waals surface area contributed by atoms with E-state index in [1.807, 2.05) is 44.2 Å². The van der Waals surface area contributed by atoms with Gasteiger partial charge < -0.3 is 5.32 Å². The van der Waals surface area contributed by atoms with Crippen LogP contribution in [0.5, 0.6) is 0 Å². The Morgan fingerprint density at radius 3 is 2.73 bits per heavy atom. The Balaban J connectivity index is 1.61. The summed E-state index contributed by atoms with van der Waals surface area (Å²) >= 11 is 1.34. The van der Waals surface area contributed by atoms with Gasteiger partial charge in [0.1, 0.15) is 10.7 Å². The smallest absolute Gasteiger partial charge is 0.349 e. The summed E-state index contributed by atoms with van der Waals surface area (Å²) in [6, 6.07) is 11.1. The number of thioether (sulfide) groups is 1. The number of nitrogens with zero attached hydrogens (tertiary/aromatic N) is 3. The van der Waals surface area contributed by atoms with Gasteiger partial charge in [-0.25, -0.2) is 9.78 Å². The maximum Gasteiger partial charge on any atom is 0.501 e. The van der Waals surface area contributed by atoms with Crippen molar-refractivity contribution in [1.29, 1.82) is 0 Å². The fourth-order valence-electron chi connectivity index (χ4n) is 3.62. The summed E-state index contributed by atoms with van der Waals surface area (Å²) in [6.45, 7) is 4.49. The average molecular weight is 424 g/mol. The lowest BCUT2D eigenvalue weighted by molar-refractivity contribution is -0.427. The van der Waals surface area contributed by atoms with Crippen LogP contribution in [0.1, 0.15) is 30.0 Å². The van der Waals surface area contributed by atoms with Crippen molar-refractivity contribution in [2.45, 2.75) is 37.1 Å². The summed E-state index contributed by atoms with van der Waals surface area (Å²) < 4.78 is 1.44. The summed E-state index contributed by atoms with van der Waals surface area (Å²) in [6.07, 6.45) is 2.32. The second-order valence-corrected chi connectivity index (χ2v) is 8.45. The number of fused-ring (bicyclic) bond motifs is 3. The predicted octanol–water partition coefficient (Wildman–Crippen LogP) is 2.35. The van der Waals surface area contributed by atoms with Gasteiger partial charge in [0.15, 0.2) is 11.8 Å². The SMILES string of the molecule is CCCN1C(=O)C2Sc3ncccc3C2=[N+](CC(=O)NCc2ccc(C)cc2)C1=O. The molecule has 7 nitrogen and oxygen atoms in total. The van der Waals surface area contributed by atoms with Gasteiger partial charge in [0.2, 0.25) is 0 Å². The van der Waals surface area contributed by atoms with Crippen molar-refractivity contribution in [3.05, 3.63) is 59.3 Å². The largest absolute Gasteiger partial charge is 0.501 e. The van der Waals surface area contributed by atoms with Crippen LogP contribution >= 0.6 is 11.8 Å². The highest BCUT2D eigenvalue weighted by Crippen LogP contribution is 2.38. The molecular weight excluding hydrogens is 400 g/mol. The first kappa shape index (κ1) is 20.3. The van der Waals surface area contributed by atoms with Crippen LogP contribution in [0.3, 0.4) is 0 Å². The first-order valence-corrected chi connectivity index (χ1v) is 10.8. The molecule has 1 unspecified atom stereocenters. The van der Waals surface area contributed by atoms with Gasteiger partial charge in [0.05, 0.1) is 12.1 Å². The van der Waals surface area contributed by atoms with Crippen LogP contribution in [0.4, 0.5) is 4.79 Å². The van der Waals surface area contributed by atoms with Crippen molar-refractivity contribution < 1.29 is 19.0 Å². The minimum atomic E-state index is -0.552. The number of nitrogens with one attached hydrogen (secondary N) is 1. The molecule has 3 heterocycles. The molecule has 2 aromatic rings. The zero-order valence-corrected chi connectivity index (χ0v) is 17.7. The Labute approximate surface area is 179 Å². The third-order valence-electron chi connectivity index (χ3n) is 5.13. The molecule has 0 radical (unpaired) electrons. The number of amides is 4. The van der Waals surface area contributed by atoms with Crippen molar-refractivity contribution in [3.8, 4) is 0 Å². The number of imide groups is 1. The molecule has 2 aliphatic rings. The lowest BCUT2D eigenvalue weighted by Crippen LogP contribution is -2.57. The molecule has 0 aliphatic carbocycles. The number of benzene rings is 1. The van der Waals surface area contributed by atoms with Gasteiger partial charge in [-0.1, -0.05) is 48.5 Å². The van der Waals surface area contributed by atoms with E-state index in [0.717, 1.165) is 16.7 Å². The highest BCUT2D eigenvalue weighted by atomic mass is 32.2. The minimum absolute atomic E-state index is 0.140. The molecule has 1 atom stereocenters. The summed E-state index contributed by atoms with van der Waals surface area (Å²) in [7, 11) is 0. The lowest BCUT2D eigenvalue weighted by atomic mass is 10.1. The van der Waals surface area contributed by atoms with Crippen LogP contribution in [0.2, 0.25) is 0 Å². The number of carbonyl (C=O) groups excluding carboxylic acids is 3. The number of hydrogen-bond acceptors (Lipinski definition) is 5. The molecular formula is C22H23N4O3S+. The topological polar surface area (TPSA) is 82.4 Å². The zero-order valence-electron chi connectivity index (χ0n) is 16.9. The van der Waals surface area contributed by atoms with Crippen LogP contribution in [0.25, 0.3) is 0 Å². The molecule has 4 rings (SSSR count). The van der Waals surface area contributed by atoms with E-state index in [0.29, 0.717) is 30.2 Å². The summed E-state index contributed by atoms with van der Waals surface area (Å²) in [5.41, 5.74) is 3.45. The maximum atomic E-state index is 13.1. The van der Waals surface area contributed by atoms with E-state index >= 15 is 0 Å². The van der Waals surface area contributed by atoms with Crippen molar-refractivity contribution in [2.24, 2.45) is 0 Å². The van der Waals surface area contributed by atoms with E-state index in [1.165, 1.54) is 21.2 Å². The van der Waals surface area contributed by atoms with Crippen LogP contribution in [-0.2, 0) is 16.1 Å². The standard InChI is InChI=1S/C22H22N4O3S/c1-3-11-25-21(28)19-18(16-5-4-10-23-20(16)30-19)26(22(25)29)13-17(27)24-12-15-8-6-14(2)7-9-15/h4-10,19H,3,11-13H2,1-2H3/p+1. The Kier molecular flexibility index (Phi) is 5.67. The number of hydrogen-bond donors (Lipinski definition) is 1. The fraction of sp³-hybridized carbons (Fsp3) is 0.318. The molecule has 0 spiro atoms. The molecule has 154 valence electrons. The van der Waals surface area contributed by atoms with Gasteiger partial charge in [-0.05, 0) is 31.0 Å². The number of aryl methyl sites for hydroxylation is 1. The number of urea groups is 1. The van der Waals surface area contributed by atoms with Crippen molar-refractivity contribution >= 4 is 35.3 Å². The number of rotatable bonds is 6. The monoisotopic (exact) mass is 423 g/mol. The number of carbonyl (C=O) groups is 3. The Hall–Kier alpha value is -3.00. The molecule has 8 heteroatoms. The second kappa shape index (κ2) is 8.39. The molecule has 0 bridgehead atoms. The fourth-order valence-corrected chi connectivity index (χ4v) is 4.85. The molecule has 30 heavy (non-hydrogen) atoms. The second-order valence-electron chi connectivity index (χ2n) is 7.36. The van der Waals surface area contributed by atoms with Gasteiger partial charge in [-0.3, -0.25) is 4.79 Å². The normalized spacial score (nSPS) is 17.8. The average Bonchev–Trinajstić information content (AvgIpc) is 3.13. The minimum Gasteiger partial charge on any atom is -0.349 e. The molecule has 0 saturated heterocycles. The van der Waals surface area contributed by atoms with E-state index in [-0.39, 0.29) is 18.4 Å². The Bertz CT molecular complexity index is 1050. The number of pyridine rings is 1. The summed E-state index contributed by atoms with van der Waals surface area (Å²) in [5, 5.41) is 3.03. The first-order chi connectivity index (χ1) is 14.5. The van der Waals surface area contributed by atoms with E-state index in [1.54, 1.807) is 12.3 Å². The Morgan fingerprint density at radius 2 is 2.00 bits per heavy atom. The first-order valence-electron chi connectivity index (χ1n) is 9.93. The molecule has 1 N–H and O–H groups in total. The van der Waals surface area contributed by atoms with Crippen LogP contribution < -0.4 is 5.32 Å². The van der Waals surface area contributed by atoms with Gasteiger partial charge in [-0.15, -0.1) is 0 Å². The molecule has 1 aromatic heterocycles. The quantitative estimate of drug-likeness (QED) is 0.722. The van der Waals surface area contributed by atoms with E-state index in [4.69, 9.17) is 0 Å². The number of aromatic nitrogens is 1. The summed E-state index contributed by atoms with van der Waals surface area (Å²) in [4.78, 5) is 44.4. The predicted molar refractivity (Wildman–Crippen MR) is 114 cm³/mol. The van der Waals surface area contributed by atoms with Crippen molar-refractivity contribution in [2.75, 3.05) is 13.1 Å². The zero-order chi connectivity index (χ0) is 21.3. The van der Waals surface area contributed by atoms with Crippen molar-refractivity contribution in [3.63, 3.8) is 0 Å². The van der Waals surface area contributed by atoms with Crippen LogP contribution in [-0.4, -0.2) is 56.4 Å². The van der Waals surface area contributed by atoms with Gasteiger partial charge in [-0.2, -0.15) is 14.3 Å². The molecule has 0 fully saturated rings. The maximum absolute atomic E-state index is 13.1. The van der Waals surface area contributed by atoms with E-state index in [2.05, 4.69) is 10.3 Å². The van der Waals surface area contributed by atoms with Gasteiger partial charge in [0, 0.05) is 12.7 Å². The highest BCUT2D eigenvalue weighted by molar-refractivity contribution is 8.02. The van der Waals surface area contributed by atoms with Crippen LogP contribution in [0, 0.1) is 6.92 Å². The molecule has 2 aliphatic heterocycles. The molecule has 4 amide bonds. The Morgan fingerprint density at radius 1 is 1.23 bits per heavy atom.